The van der Waals surface area contributed by atoms with Crippen molar-refractivity contribution >= 4 is 15.7 Å². The van der Waals surface area contributed by atoms with Crippen molar-refractivity contribution in [1.29, 1.82) is 0 Å². The summed E-state index contributed by atoms with van der Waals surface area (Å²) >= 11 is 0. The molecule has 0 saturated heterocycles. The molecular formula is C24H24N2O2S. The average molecular weight is 405 g/mol. The van der Waals surface area contributed by atoms with Gasteiger partial charge in [-0.2, -0.15) is 17.9 Å². The van der Waals surface area contributed by atoms with Crippen LogP contribution in [-0.4, -0.2) is 18.5 Å². The number of sulfonamides is 1. The van der Waals surface area contributed by atoms with Gasteiger partial charge in [0.2, 0.25) is 0 Å². The van der Waals surface area contributed by atoms with Gasteiger partial charge in [-0.25, -0.2) is 0 Å². The maximum atomic E-state index is 13.5. The van der Waals surface area contributed by atoms with Crippen LogP contribution in [0.3, 0.4) is 0 Å². The third-order valence-electron chi connectivity index (χ3n) is 5.44. The highest BCUT2D eigenvalue weighted by atomic mass is 32.2. The SMILES string of the molecule is Cc1ccc(S(=O)(=O)N2N=C(c3ccccc3C)CC2c2ccccc2C)cc1. The van der Waals surface area contributed by atoms with Crippen molar-refractivity contribution in [1.82, 2.24) is 4.41 Å². The van der Waals surface area contributed by atoms with E-state index in [1.54, 1.807) is 12.1 Å². The third-order valence-corrected chi connectivity index (χ3v) is 7.14. The van der Waals surface area contributed by atoms with E-state index in [4.69, 9.17) is 0 Å². The first-order chi connectivity index (χ1) is 13.9. The zero-order chi connectivity index (χ0) is 20.6. The molecule has 148 valence electrons. The molecule has 3 aromatic carbocycles. The van der Waals surface area contributed by atoms with E-state index in [2.05, 4.69) is 5.10 Å². The third kappa shape index (κ3) is 3.58. The van der Waals surface area contributed by atoms with Gasteiger partial charge in [-0.05, 0) is 49.6 Å². The Labute approximate surface area is 172 Å². The fourth-order valence-corrected chi connectivity index (χ4v) is 5.21. The van der Waals surface area contributed by atoms with Gasteiger partial charge < -0.3 is 0 Å². The number of hydrogen-bond donors (Lipinski definition) is 0. The quantitative estimate of drug-likeness (QED) is 0.604. The highest BCUT2D eigenvalue weighted by Crippen LogP contribution is 2.38. The van der Waals surface area contributed by atoms with Crippen LogP contribution in [0, 0.1) is 20.8 Å². The minimum Gasteiger partial charge on any atom is -0.200 e. The summed E-state index contributed by atoms with van der Waals surface area (Å²) in [6.07, 6.45) is 0.542. The van der Waals surface area contributed by atoms with E-state index in [0.29, 0.717) is 6.42 Å². The molecule has 0 N–H and O–H groups in total. The van der Waals surface area contributed by atoms with E-state index in [-0.39, 0.29) is 10.9 Å². The van der Waals surface area contributed by atoms with Gasteiger partial charge in [0.1, 0.15) is 0 Å². The molecule has 1 unspecified atom stereocenters. The molecule has 0 amide bonds. The van der Waals surface area contributed by atoms with E-state index < -0.39 is 10.0 Å². The Kier molecular flexibility index (Phi) is 5.01. The van der Waals surface area contributed by atoms with E-state index in [1.807, 2.05) is 81.4 Å². The summed E-state index contributed by atoms with van der Waals surface area (Å²) in [5.41, 5.74) is 5.94. The number of rotatable bonds is 4. The molecule has 0 aromatic heterocycles. The fourth-order valence-electron chi connectivity index (χ4n) is 3.78. The lowest BCUT2D eigenvalue weighted by molar-refractivity contribution is 0.370. The summed E-state index contributed by atoms with van der Waals surface area (Å²) in [4.78, 5) is 0.261. The average Bonchev–Trinajstić information content (AvgIpc) is 3.15. The fraction of sp³-hybridized carbons (Fsp3) is 0.208. The first-order valence-corrected chi connectivity index (χ1v) is 11.1. The molecule has 0 aliphatic carbocycles. The molecule has 0 fully saturated rings. The second kappa shape index (κ2) is 7.48. The van der Waals surface area contributed by atoms with Crippen LogP contribution in [0.15, 0.2) is 82.8 Å². The van der Waals surface area contributed by atoms with Crippen LogP contribution in [0.25, 0.3) is 0 Å². The summed E-state index contributed by atoms with van der Waals surface area (Å²) in [6, 6.07) is 22.5. The summed E-state index contributed by atoms with van der Waals surface area (Å²) in [5, 5.41) is 4.65. The molecule has 1 aliphatic heterocycles. The zero-order valence-corrected chi connectivity index (χ0v) is 17.6. The first-order valence-electron chi connectivity index (χ1n) is 9.68. The Morgan fingerprint density at radius 1 is 0.828 bits per heavy atom. The van der Waals surface area contributed by atoms with Crippen molar-refractivity contribution in [2.45, 2.75) is 38.1 Å². The number of nitrogens with zero attached hydrogens (tertiary/aromatic N) is 2. The number of hydrogen-bond acceptors (Lipinski definition) is 3. The largest absolute Gasteiger partial charge is 0.279 e. The van der Waals surface area contributed by atoms with Gasteiger partial charge in [-0.1, -0.05) is 66.2 Å². The zero-order valence-electron chi connectivity index (χ0n) is 16.8. The van der Waals surface area contributed by atoms with Gasteiger partial charge in [-0.15, -0.1) is 0 Å². The number of hydrazone groups is 1. The molecule has 0 radical (unpaired) electrons. The van der Waals surface area contributed by atoms with Crippen LogP contribution >= 0.6 is 0 Å². The molecule has 4 rings (SSSR count). The lowest BCUT2D eigenvalue weighted by atomic mass is 9.94. The van der Waals surface area contributed by atoms with Gasteiger partial charge in [0.05, 0.1) is 16.6 Å². The van der Waals surface area contributed by atoms with Crippen molar-refractivity contribution in [3.63, 3.8) is 0 Å². The minimum absolute atomic E-state index is 0.261. The molecule has 0 bridgehead atoms. The second-order valence-electron chi connectivity index (χ2n) is 7.53. The lowest BCUT2D eigenvalue weighted by Crippen LogP contribution is -2.27. The molecule has 1 heterocycles. The Bertz CT molecular complexity index is 1180. The van der Waals surface area contributed by atoms with Crippen LogP contribution in [0.5, 0.6) is 0 Å². The summed E-state index contributed by atoms with van der Waals surface area (Å²) in [6.45, 7) is 5.98. The van der Waals surface area contributed by atoms with Gasteiger partial charge in [-0.3, -0.25) is 0 Å². The Morgan fingerprint density at radius 2 is 1.45 bits per heavy atom. The lowest BCUT2D eigenvalue weighted by Gasteiger charge is -2.24. The predicted octanol–water partition coefficient (Wildman–Crippen LogP) is 5.15. The summed E-state index contributed by atoms with van der Waals surface area (Å²) < 4.78 is 28.4. The van der Waals surface area contributed by atoms with Crippen LogP contribution in [0.2, 0.25) is 0 Å². The van der Waals surface area contributed by atoms with Gasteiger partial charge >= 0.3 is 0 Å². The smallest absolute Gasteiger partial charge is 0.200 e. The molecular weight excluding hydrogens is 380 g/mol. The predicted molar refractivity (Wildman–Crippen MR) is 116 cm³/mol. The van der Waals surface area contributed by atoms with E-state index in [0.717, 1.165) is 33.5 Å². The molecule has 29 heavy (non-hydrogen) atoms. The Morgan fingerprint density at radius 3 is 2.10 bits per heavy atom. The highest BCUT2D eigenvalue weighted by molar-refractivity contribution is 7.89. The van der Waals surface area contributed by atoms with E-state index >= 15 is 0 Å². The summed E-state index contributed by atoms with van der Waals surface area (Å²) in [5.74, 6) is 0. The number of aryl methyl sites for hydroxylation is 3. The van der Waals surface area contributed by atoms with Crippen molar-refractivity contribution in [3.05, 3.63) is 101 Å². The Hall–Kier alpha value is -2.92. The van der Waals surface area contributed by atoms with Gasteiger partial charge in [0, 0.05) is 12.0 Å². The maximum Gasteiger partial charge on any atom is 0.279 e. The van der Waals surface area contributed by atoms with E-state index in [9.17, 15) is 8.42 Å². The molecule has 5 heteroatoms. The molecule has 0 saturated carbocycles. The standard InChI is InChI=1S/C24H24N2O2S/c1-17-12-14-20(15-13-17)29(27,28)26-24(22-11-7-5-9-19(22)3)16-23(25-26)21-10-6-4-8-18(21)2/h4-15,24H,16H2,1-3H3. The molecule has 3 aromatic rings. The second-order valence-corrected chi connectivity index (χ2v) is 9.32. The van der Waals surface area contributed by atoms with Crippen LogP contribution in [0.1, 0.15) is 40.3 Å². The topological polar surface area (TPSA) is 49.7 Å². The molecule has 4 nitrogen and oxygen atoms in total. The van der Waals surface area contributed by atoms with Crippen LogP contribution in [-0.2, 0) is 10.0 Å². The molecule has 0 spiro atoms. The van der Waals surface area contributed by atoms with Crippen LogP contribution < -0.4 is 0 Å². The van der Waals surface area contributed by atoms with Crippen molar-refractivity contribution in [2.24, 2.45) is 5.10 Å². The summed E-state index contributed by atoms with van der Waals surface area (Å²) in [7, 11) is -3.78. The molecule has 1 aliphatic rings. The molecule has 1 atom stereocenters. The van der Waals surface area contributed by atoms with Crippen molar-refractivity contribution < 1.29 is 8.42 Å². The monoisotopic (exact) mass is 404 g/mol. The van der Waals surface area contributed by atoms with Gasteiger partial charge in [0.15, 0.2) is 0 Å². The Balaban J connectivity index is 1.85. The highest BCUT2D eigenvalue weighted by Gasteiger charge is 2.38. The normalized spacial score (nSPS) is 16.7. The van der Waals surface area contributed by atoms with Crippen molar-refractivity contribution in [3.8, 4) is 0 Å². The van der Waals surface area contributed by atoms with Crippen LogP contribution in [0.4, 0.5) is 0 Å². The van der Waals surface area contributed by atoms with Crippen molar-refractivity contribution in [2.75, 3.05) is 0 Å². The minimum atomic E-state index is -3.78. The van der Waals surface area contributed by atoms with Gasteiger partial charge in [0.25, 0.3) is 10.0 Å². The maximum absolute atomic E-state index is 13.5. The van der Waals surface area contributed by atoms with E-state index in [1.165, 1.54) is 4.41 Å². The number of benzene rings is 3. The first kappa shape index (κ1) is 19.4.